The van der Waals surface area contributed by atoms with Crippen LogP contribution in [0.3, 0.4) is 0 Å². The third kappa shape index (κ3) is 4.73. The molecule has 1 atom stereocenters. The highest BCUT2D eigenvalue weighted by Gasteiger charge is 2.30. The van der Waals surface area contributed by atoms with Gasteiger partial charge in [-0.25, -0.2) is 13.2 Å². The van der Waals surface area contributed by atoms with E-state index >= 15 is 0 Å². The van der Waals surface area contributed by atoms with Crippen LogP contribution in [-0.4, -0.2) is 49.7 Å². The van der Waals surface area contributed by atoms with E-state index in [1.807, 2.05) is 0 Å². The Morgan fingerprint density at radius 2 is 1.96 bits per heavy atom. The third-order valence-electron chi connectivity index (χ3n) is 3.87. The van der Waals surface area contributed by atoms with E-state index in [9.17, 15) is 18.0 Å². The Morgan fingerprint density at radius 3 is 2.62 bits per heavy atom. The second-order valence-electron chi connectivity index (χ2n) is 6.06. The van der Waals surface area contributed by atoms with Crippen molar-refractivity contribution < 1.29 is 22.7 Å². The van der Waals surface area contributed by atoms with Gasteiger partial charge in [0.05, 0.1) is 17.1 Å². The molecule has 1 aliphatic carbocycles. The zero-order chi connectivity index (χ0) is 17.2. The van der Waals surface area contributed by atoms with Crippen molar-refractivity contribution in [1.82, 2.24) is 5.32 Å². The van der Waals surface area contributed by atoms with Gasteiger partial charge in [-0.05, 0) is 31.4 Å². The molecule has 1 saturated heterocycles. The van der Waals surface area contributed by atoms with Crippen LogP contribution in [0.1, 0.15) is 29.6 Å². The maximum absolute atomic E-state index is 12.2. The van der Waals surface area contributed by atoms with E-state index in [1.165, 1.54) is 11.8 Å². The summed E-state index contributed by atoms with van der Waals surface area (Å²) in [5.41, 5.74) is 0.367. The average Bonchev–Trinajstić information content (AvgIpc) is 3.28. The summed E-state index contributed by atoms with van der Waals surface area (Å²) in [6.07, 6.45) is 2.53. The highest BCUT2D eigenvalue weighted by Crippen LogP contribution is 2.33. The van der Waals surface area contributed by atoms with Crippen molar-refractivity contribution in [3.05, 3.63) is 29.8 Å². The zero-order valence-corrected chi connectivity index (χ0v) is 14.7. The molecule has 0 radical (unpaired) electrons. The lowest BCUT2D eigenvalue weighted by Crippen LogP contribution is -2.30. The molecule has 0 unspecified atom stereocenters. The minimum absolute atomic E-state index is 0.0536. The van der Waals surface area contributed by atoms with Crippen molar-refractivity contribution in [3.8, 4) is 0 Å². The molecule has 24 heavy (non-hydrogen) atoms. The van der Waals surface area contributed by atoms with Gasteiger partial charge in [-0.2, -0.15) is 0 Å². The molecule has 0 aromatic heterocycles. The lowest BCUT2D eigenvalue weighted by atomic mass is 10.2. The van der Waals surface area contributed by atoms with Gasteiger partial charge >= 0.3 is 5.97 Å². The molecule has 2 fully saturated rings. The van der Waals surface area contributed by atoms with E-state index in [2.05, 4.69) is 5.32 Å². The van der Waals surface area contributed by atoms with E-state index in [0.29, 0.717) is 16.9 Å². The smallest absolute Gasteiger partial charge is 0.339 e. The summed E-state index contributed by atoms with van der Waals surface area (Å²) in [5, 5.41) is 2.70. The molecule has 2 aliphatic rings. The lowest BCUT2D eigenvalue weighted by molar-refractivity contribution is -0.124. The molecule has 0 bridgehead atoms. The van der Waals surface area contributed by atoms with Crippen molar-refractivity contribution in [2.75, 3.05) is 18.1 Å². The standard InChI is InChI=1S/C16H19NO5S2/c18-15(17-11-5-6-11)9-22-16(19)13-3-1-2-4-14(13)23-12-7-8-24(20,21)10-12/h1-4,11-12H,5-10H2,(H,17,18)/t12-/m0/s1. The summed E-state index contributed by atoms with van der Waals surface area (Å²) in [5.74, 6) is -0.536. The van der Waals surface area contributed by atoms with Gasteiger partial charge in [-0.1, -0.05) is 12.1 Å². The first-order chi connectivity index (χ1) is 11.4. The lowest BCUT2D eigenvalue weighted by Gasteiger charge is -2.12. The Morgan fingerprint density at radius 1 is 1.21 bits per heavy atom. The van der Waals surface area contributed by atoms with E-state index in [-0.39, 0.29) is 35.3 Å². The van der Waals surface area contributed by atoms with Gasteiger partial charge in [0.2, 0.25) is 0 Å². The molecule has 0 spiro atoms. The monoisotopic (exact) mass is 369 g/mol. The zero-order valence-electron chi connectivity index (χ0n) is 13.1. The number of hydrogen-bond donors (Lipinski definition) is 1. The summed E-state index contributed by atoms with van der Waals surface area (Å²) in [4.78, 5) is 24.5. The number of hydrogen-bond acceptors (Lipinski definition) is 6. The second kappa shape index (κ2) is 7.14. The van der Waals surface area contributed by atoms with E-state index in [0.717, 1.165) is 12.8 Å². The number of ether oxygens (including phenoxy) is 1. The fourth-order valence-corrected chi connectivity index (χ4v) is 6.09. The highest BCUT2D eigenvalue weighted by atomic mass is 32.2. The number of sulfone groups is 1. The first-order valence-corrected chi connectivity index (χ1v) is 10.6. The summed E-state index contributed by atoms with van der Waals surface area (Å²) in [7, 11) is -2.97. The summed E-state index contributed by atoms with van der Waals surface area (Å²) >= 11 is 1.38. The van der Waals surface area contributed by atoms with Gasteiger partial charge < -0.3 is 10.1 Å². The molecule has 1 aromatic rings. The number of benzene rings is 1. The Hall–Kier alpha value is -1.54. The van der Waals surface area contributed by atoms with Crippen molar-refractivity contribution >= 4 is 33.5 Å². The van der Waals surface area contributed by atoms with Crippen LogP contribution in [0.25, 0.3) is 0 Å². The number of nitrogens with one attached hydrogen (secondary N) is 1. The fourth-order valence-electron chi connectivity index (χ4n) is 2.48. The first kappa shape index (κ1) is 17.3. The molecule has 1 amide bonds. The minimum atomic E-state index is -2.97. The molecule has 1 aliphatic heterocycles. The number of rotatable bonds is 6. The molecular formula is C16H19NO5S2. The normalized spacial score (nSPS) is 22.1. The van der Waals surface area contributed by atoms with E-state index < -0.39 is 15.8 Å². The van der Waals surface area contributed by atoms with Gasteiger partial charge in [0.25, 0.3) is 5.91 Å². The van der Waals surface area contributed by atoms with Crippen LogP contribution >= 0.6 is 11.8 Å². The van der Waals surface area contributed by atoms with Crippen LogP contribution in [-0.2, 0) is 19.4 Å². The van der Waals surface area contributed by atoms with Crippen LogP contribution in [0.4, 0.5) is 0 Å². The van der Waals surface area contributed by atoms with Crippen LogP contribution in [0, 0.1) is 0 Å². The number of amides is 1. The predicted octanol–water partition coefficient (Wildman–Crippen LogP) is 1.40. The molecule has 6 nitrogen and oxygen atoms in total. The maximum atomic E-state index is 12.2. The van der Waals surface area contributed by atoms with Crippen LogP contribution in [0.2, 0.25) is 0 Å². The van der Waals surface area contributed by atoms with Gasteiger partial charge in [0.1, 0.15) is 0 Å². The van der Waals surface area contributed by atoms with Crippen molar-refractivity contribution in [1.29, 1.82) is 0 Å². The number of esters is 1. The molecule has 130 valence electrons. The topological polar surface area (TPSA) is 89.5 Å². The Balaban J connectivity index is 1.60. The SMILES string of the molecule is O=C(COC(=O)c1ccccc1S[C@H]1CCS(=O)(=O)C1)NC1CC1. The van der Waals surface area contributed by atoms with E-state index in [4.69, 9.17) is 4.74 Å². The average molecular weight is 369 g/mol. The maximum Gasteiger partial charge on any atom is 0.339 e. The Kier molecular flexibility index (Phi) is 5.15. The molecule has 1 aromatic carbocycles. The molecule has 8 heteroatoms. The van der Waals surface area contributed by atoms with Gasteiger partial charge in [-0.15, -0.1) is 11.8 Å². The van der Waals surface area contributed by atoms with Crippen molar-refractivity contribution in [2.45, 2.75) is 35.4 Å². The Labute approximate surface area is 145 Å². The first-order valence-electron chi connectivity index (χ1n) is 7.85. The molecule has 3 rings (SSSR count). The Bertz CT molecular complexity index is 743. The largest absolute Gasteiger partial charge is 0.452 e. The van der Waals surface area contributed by atoms with Crippen LogP contribution < -0.4 is 5.32 Å². The van der Waals surface area contributed by atoms with Crippen LogP contribution in [0.5, 0.6) is 0 Å². The number of thioether (sulfide) groups is 1. The quantitative estimate of drug-likeness (QED) is 0.763. The summed E-state index contributed by atoms with van der Waals surface area (Å²) in [6, 6.07) is 7.14. The third-order valence-corrected chi connectivity index (χ3v) is 7.19. The van der Waals surface area contributed by atoms with Gasteiger partial charge in [-0.3, -0.25) is 4.79 Å². The predicted molar refractivity (Wildman–Crippen MR) is 90.8 cm³/mol. The van der Waals surface area contributed by atoms with E-state index in [1.54, 1.807) is 24.3 Å². The number of carbonyl (C=O) groups is 2. The van der Waals surface area contributed by atoms with Crippen molar-refractivity contribution in [3.63, 3.8) is 0 Å². The van der Waals surface area contributed by atoms with Crippen LogP contribution in [0.15, 0.2) is 29.2 Å². The second-order valence-corrected chi connectivity index (χ2v) is 9.63. The van der Waals surface area contributed by atoms with Crippen molar-refractivity contribution in [2.24, 2.45) is 0 Å². The highest BCUT2D eigenvalue weighted by molar-refractivity contribution is 8.02. The fraction of sp³-hybridized carbons (Fsp3) is 0.500. The molecule has 1 N–H and O–H groups in total. The minimum Gasteiger partial charge on any atom is -0.452 e. The molecule has 1 heterocycles. The molecular weight excluding hydrogens is 350 g/mol. The van der Waals surface area contributed by atoms with Gasteiger partial charge in [0.15, 0.2) is 16.4 Å². The van der Waals surface area contributed by atoms with Gasteiger partial charge in [0, 0.05) is 16.2 Å². The molecule has 1 saturated carbocycles. The summed E-state index contributed by atoms with van der Waals surface area (Å²) in [6.45, 7) is -0.299. The number of carbonyl (C=O) groups excluding carboxylic acids is 2. The summed E-state index contributed by atoms with van der Waals surface area (Å²) < 4.78 is 28.2.